The minimum absolute atomic E-state index is 0. The number of hydrogen-bond donors (Lipinski definition) is 1. The number of esters is 2. The van der Waals surface area contributed by atoms with Crippen molar-refractivity contribution < 1.29 is 72.8 Å². The second-order valence-corrected chi connectivity index (χ2v) is 33.1. The molecule has 0 amide bonds. The molecule has 12 heteroatoms. The maximum Gasteiger partial charge on any atom is 1.00 e. The minimum atomic E-state index is -0.978. The van der Waals surface area contributed by atoms with Gasteiger partial charge in [-0.05, 0) is 185 Å². The number of nitrogens with zero attached hydrogens (tertiary/aromatic N) is 1. The number of carbonyl (C=O) groups excluding carboxylic acids is 2. The van der Waals surface area contributed by atoms with Crippen molar-refractivity contribution in [1.82, 2.24) is 0 Å². The number of unbranched alkanes of at least 4 members (excludes halogenated alkanes) is 16. The number of likely N-dealkylation sites (tertiary alicyclic amines) is 1. The van der Waals surface area contributed by atoms with E-state index in [0.29, 0.717) is 42.3 Å². The molecule has 5 atom stereocenters. The molecule has 0 radical (unpaired) electrons. The summed E-state index contributed by atoms with van der Waals surface area (Å²) in [5.41, 5.74) is 16.3. The van der Waals surface area contributed by atoms with Gasteiger partial charge in [0.1, 0.15) is 5.25 Å². The monoisotopic (exact) mass is 1660 g/mol. The van der Waals surface area contributed by atoms with Crippen LogP contribution in [-0.4, -0.2) is 79.2 Å². The molecule has 0 saturated carbocycles. The van der Waals surface area contributed by atoms with Crippen molar-refractivity contribution in [1.29, 1.82) is 0 Å². The van der Waals surface area contributed by atoms with E-state index in [0.717, 1.165) is 69.2 Å². The molecule has 1 aliphatic rings. The maximum absolute atomic E-state index is 11.9. The maximum atomic E-state index is 11.9. The summed E-state index contributed by atoms with van der Waals surface area (Å²) in [6.45, 7) is 32.9. The van der Waals surface area contributed by atoms with Crippen LogP contribution in [0.4, 0.5) is 0 Å². The number of quaternary nitrogens is 1. The van der Waals surface area contributed by atoms with E-state index >= 15 is 0 Å². The number of alkyl halides is 1. The van der Waals surface area contributed by atoms with Crippen LogP contribution in [0.2, 0.25) is 0 Å². The second kappa shape index (κ2) is 72.3. The number of aliphatic hydroxyl groups excluding tert-OH is 1. The van der Waals surface area contributed by atoms with E-state index in [1.807, 2.05) is 38.1 Å². The number of piperidine rings is 1. The summed E-state index contributed by atoms with van der Waals surface area (Å²) in [5, 5.41) is 19.8. The first-order valence-corrected chi connectivity index (χ1v) is 46.1. The Balaban J connectivity index is 0.000000755. The molecule has 1 saturated heterocycles. The molecule has 0 aromatic heterocycles. The first-order chi connectivity index (χ1) is 56.8. The Morgan fingerprint density at radius 3 is 1.23 bits per heavy atom. The molecule has 0 spiro atoms. The van der Waals surface area contributed by atoms with Gasteiger partial charge in [0, 0.05) is 30.1 Å². The van der Waals surface area contributed by atoms with Crippen LogP contribution in [0.1, 0.15) is 320 Å². The van der Waals surface area contributed by atoms with Crippen molar-refractivity contribution in [2.75, 3.05) is 52.4 Å². The van der Waals surface area contributed by atoms with Crippen LogP contribution >= 0.6 is 23.6 Å². The third-order valence-corrected chi connectivity index (χ3v) is 22.2. The molecule has 644 valence electrons. The summed E-state index contributed by atoms with van der Waals surface area (Å²) < 4.78 is 15.7. The molecule has 1 aliphatic heterocycles. The zero-order valence-corrected chi connectivity index (χ0v) is 79.5. The minimum Gasteiger partial charge on any atom is -0.691 e. The molecule has 9 nitrogen and oxygen atoms in total. The summed E-state index contributed by atoms with van der Waals surface area (Å²) in [7, 11) is 2.37. The molecule has 1 heterocycles. The molecule has 9 rings (SSSR count). The fourth-order valence-electron chi connectivity index (χ4n) is 14.2. The van der Waals surface area contributed by atoms with E-state index < -0.39 is 17.2 Å². The average molecular weight is 1660 g/mol. The molecule has 8 aromatic rings. The van der Waals surface area contributed by atoms with Gasteiger partial charge < -0.3 is 24.3 Å². The van der Waals surface area contributed by atoms with Crippen molar-refractivity contribution >= 4 is 35.6 Å². The normalized spacial score (nSPS) is 12.8. The molecular weight excluding hydrogens is 1510 g/mol. The predicted molar refractivity (Wildman–Crippen MR) is 500 cm³/mol. The summed E-state index contributed by atoms with van der Waals surface area (Å²) in [6, 6.07) is 79.9. The molecule has 118 heavy (non-hydrogen) atoms. The van der Waals surface area contributed by atoms with Crippen molar-refractivity contribution in [3.05, 3.63) is 285 Å². The molecule has 5 unspecified atom stereocenters. The predicted octanol–water partition coefficient (Wildman–Crippen LogP) is 25.0. The van der Waals surface area contributed by atoms with Crippen LogP contribution in [-0.2, 0) is 47.7 Å². The largest absolute Gasteiger partial charge is 1.00 e. The van der Waals surface area contributed by atoms with Gasteiger partial charge >= 0.3 is 41.5 Å². The van der Waals surface area contributed by atoms with Crippen molar-refractivity contribution in [3.63, 3.8) is 0 Å². The number of carbonyl (C=O) groups is 2. The van der Waals surface area contributed by atoms with Gasteiger partial charge in [-0.1, -0.05) is 387 Å². The van der Waals surface area contributed by atoms with Gasteiger partial charge in [0.25, 0.3) is 0 Å². The number of halogens is 1. The van der Waals surface area contributed by atoms with Crippen LogP contribution in [0.25, 0.3) is 0 Å². The van der Waals surface area contributed by atoms with Gasteiger partial charge in [-0.3, -0.25) is 14.6 Å². The fraction of sp³-hybridized carbons (Fsp3) is 0.509. The topological polar surface area (TPSA) is 114 Å². The van der Waals surface area contributed by atoms with Crippen LogP contribution in [0, 0.1) is 33.1 Å². The third kappa shape index (κ3) is 51.5. The number of benzene rings is 8. The Hall–Kier alpha value is -6.30. The fourth-order valence-corrected chi connectivity index (χ4v) is 14.6. The number of aryl methyl sites for hydroxylation is 5. The zero-order valence-electron chi connectivity index (χ0n) is 75.9. The van der Waals surface area contributed by atoms with E-state index in [9.17, 15) is 14.8 Å². The zero-order chi connectivity index (χ0) is 85.8. The Morgan fingerprint density at radius 2 is 0.839 bits per heavy atom. The molecule has 0 aliphatic carbocycles. The number of aliphatic hydroxyl groups is 1. The number of ether oxygens (including phenoxy) is 2. The van der Waals surface area contributed by atoms with E-state index in [2.05, 4.69) is 286 Å². The third-order valence-electron chi connectivity index (χ3n) is 21.4. The van der Waals surface area contributed by atoms with E-state index in [1.165, 1.54) is 194 Å². The van der Waals surface area contributed by atoms with E-state index in [4.69, 9.17) is 32.6 Å². The van der Waals surface area contributed by atoms with Gasteiger partial charge in [-0.25, -0.2) is 0 Å². The molecule has 8 aromatic carbocycles. The SMILES string of the molecule is C#Cc1ccc(C)cc1.CC(C)c1ccc(CC(c2ccccc2)C(c2ccccc2)C(c2ccccc2)C(C)c2ccccc2)cc1.CCCCCCCCc1ccc(C)cc1.CCCCCCCCc1ccc(C)cc1.CCCCCCOC(=O)CC(SOO[O-])C(=O)OCCCCCC.CCCl.CCO.CC[N+]1(C)CCCCC1.[Na+]. The van der Waals surface area contributed by atoms with Crippen LogP contribution in [0.15, 0.2) is 218 Å². The summed E-state index contributed by atoms with van der Waals surface area (Å²) >= 11 is 5.46. The Labute approximate surface area is 750 Å². The standard InChI is InChI=1S/C39H40.C16H30O7S.2C15H24.C9H8.C8H18N.C2H5Cl.C2H6O.Na/c1-29(2)32-26-24-31(25-27-32)28-37(34-18-10-5-11-19-34)39(36-22-14-7-15-23-36)38(35-20-12-6-13-21-35)30(3)33-16-8-4-9-17-33;1-3-5-7-9-11-20-15(17)13-14(24-23-22-19)16(18)21-12-10-8-6-4-2;2*1-3-4-5-6-7-8-9-15-12-10-14(2)11-13-15;1-3-9-6-4-8(2)5-7-9;1-3-9(2)7-5-4-6-8-9;2*1-2-3;/h4-27,29-30,37-39H,28H2,1-3H3;14,19H,3-13H2,1-2H3;2*10-13H,3-9H2,1-2H3;1,4-7H,2H3;3-8H2,1-2H3;2H2,1H3;3H,2H2,1H3;/q;;;;;+1;;;+1/p-1. The number of rotatable bonds is 41. The van der Waals surface area contributed by atoms with Gasteiger partial charge in [0.15, 0.2) is 0 Å². The van der Waals surface area contributed by atoms with E-state index in [-0.39, 0.29) is 55.1 Å². The smallest absolute Gasteiger partial charge is 0.691 e. The van der Waals surface area contributed by atoms with E-state index in [1.54, 1.807) is 6.92 Å². The van der Waals surface area contributed by atoms with Gasteiger partial charge in [0.2, 0.25) is 0 Å². The van der Waals surface area contributed by atoms with Gasteiger partial charge in [-0.15, -0.1) is 18.0 Å². The van der Waals surface area contributed by atoms with Crippen molar-refractivity contribution in [2.24, 2.45) is 0 Å². The summed E-state index contributed by atoms with van der Waals surface area (Å²) in [6.07, 6.45) is 37.4. The Morgan fingerprint density at radius 1 is 0.475 bits per heavy atom. The first kappa shape index (κ1) is 110. The van der Waals surface area contributed by atoms with Gasteiger partial charge in [0.05, 0.1) is 46.3 Å². The molecule has 1 fully saturated rings. The van der Waals surface area contributed by atoms with Crippen molar-refractivity contribution in [2.45, 2.75) is 298 Å². The Kier molecular flexibility index (Phi) is 67.3. The average Bonchev–Trinajstić information content (AvgIpc) is 0.774. The quantitative estimate of drug-likeness (QED) is 0.00460. The Bertz CT molecular complexity index is 3590. The van der Waals surface area contributed by atoms with Crippen LogP contribution in [0.3, 0.4) is 0 Å². The number of terminal acetylenes is 1. The molecular formula is C106H154ClNNaO8S+. The molecule has 1 N–H and O–H groups in total. The molecule has 0 bridgehead atoms. The second-order valence-electron chi connectivity index (χ2n) is 31.7. The first-order valence-electron chi connectivity index (χ1n) is 44.7. The van der Waals surface area contributed by atoms with Gasteiger partial charge in [-0.2, -0.15) is 4.33 Å². The van der Waals surface area contributed by atoms with Crippen molar-refractivity contribution in [3.8, 4) is 12.3 Å². The summed E-state index contributed by atoms with van der Waals surface area (Å²) in [4.78, 5) is 23.7. The number of hydrogen-bond acceptors (Lipinski definition) is 9. The summed E-state index contributed by atoms with van der Waals surface area (Å²) in [5.74, 6) is 3.92. The van der Waals surface area contributed by atoms with Crippen LogP contribution < -0.4 is 34.8 Å². The van der Waals surface area contributed by atoms with Crippen LogP contribution in [0.5, 0.6) is 0 Å².